The number of imidazole rings is 1. The predicted molar refractivity (Wildman–Crippen MR) is 48.3 cm³/mol. The van der Waals surface area contributed by atoms with Gasteiger partial charge in [-0.25, -0.2) is 9.67 Å². The molecule has 1 atom stereocenters. The minimum Gasteiger partial charge on any atom is -0.379 e. The van der Waals surface area contributed by atoms with Gasteiger partial charge in [0.2, 0.25) is 0 Å². The van der Waals surface area contributed by atoms with E-state index in [2.05, 4.69) is 15.3 Å². The average Bonchev–Trinajstić information content (AvgIpc) is 2.73. The molecule has 6 heteroatoms. The highest BCUT2D eigenvalue weighted by molar-refractivity contribution is 5.11. The first kappa shape index (κ1) is 8.89. The number of aliphatic hydroxyl groups excluding tert-OH is 1. The smallest absolute Gasteiger partial charge is 0.155 e. The van der Waals surface area contributed by atoms with Crippen molar-refractivity contribution in [3.8, 4) is 0 Å². The van der Waals surface area contributed by atoms with Gasteiger partial charge in [0.25, 0.3) is 0 Å². The van der Waals surface area contributed by atoms with Crippen LogP contribution in [0.2, 0.25) is 0 Å². The molecule has 2 aromatic heterocycles. The molecule has 0 bridgehead atoms. The van der Waals surface area contributed by atoms with Crippen LogP contribution in [-0.4, -0.2) is 29.7 Å². The number of aryl methyl sites for hydroxylation is 2. The monoisotopic (exact) mass is 193 g/mol. The molecule has 0 aliphatic carbocycles. The lowest BCUT2D eigenvalue weighted by Crippen LogP contribution is -2.11. The molecule has 0 aliphatic heterocycles. The van der Waals surface area contributed by atoms with Gasteiger partial charge in [-0.2, -0.15) is 0 Å². The lowest BCUT2D eigenvalue weighted by atomic mass is 10.2. The SMILES string of the molecule is Cn1ccnc1C(O)c1cnnn1C. The van der Waals surface area contributed by atoms with E-state index in [0.29, 0.717) is 11.5 Å². The molecule has 2 heterocycles. The maximum absolute atomic E-state index is 9.95. The summed E-state index contributed by atoms with van der Waals surface area (Å²) in [5.41, 5.74) is 0.624. The van der Waals surface area contributed by atoms with E-state index in [-0.39, 0.29) is 0 Å². The van der Waals surface area contributed by atoms with Crippen LogP contribution in [0.25, 0.3) is 0 Å². The first-order chi connectivity index (χ1) is 6.70. The zero-order chi connectivity index (χ0) is 10.1. The van der Waals surface area contributed by atoms with Gasteiger partial charge in [-0.1, -0.05) is 5.21 Å². The van der Waals surface area contributed by atoms with Crippen molar-refractivity contribution in [1.82, 2.24) is 24.5 Å². The Hall–Kier alpha value is -1.69. The van der Waals surface area contributed by atoms with Gasteiger partial charge in [0.1, 0.15) is 5.82 Å². The number of aromatic nitrogens is 5. The number of rotatable bonds is 2. The highest BCUT2D eigenvalue weighted by Crippen LogP contribution is 2.17. The number of nitrogens with zero attached hydrogens (tertiary/aromatic N) is 5. The summed E-state index contributed by atoms with van der Waals surface area (Å²) in [6.45, 7) is 0. The largest absolute Gasteiger partial charge is 0.379 e. The fraction of sp³-hybridized carbons (Fsp3) is 0.375. The fourth-order valence-corrected chi connectivity index (χ4v) is 1.32. The van der Waals surface area contributed by atoms with Crippen LogP contribution in [-0.2, 0) is 14.1 Å². The molecule has 0 aromatic carbocycles. The molecule has 1 unspecified atom stereocenters. The number of hydrogen-bond acceptors (Lipinski definition) is 4. The third-order valence-corrected chi connectivity index (χ3v) is 2.13. The summed E-state index contributed by atoms with van der Waals surface area (Å²) in [6, 6.07) is 0. The first-order valence-electron chi connectivity index (χ1n) is 4.20. The van der Waals surface area contributed by atoms with Crippen LogP contribution in [0.15, 0.2) is 18.6 Å². The molecule has 0 spiro atoms. The van der Waals surface area contributed by atoms with Gasteiger partial charge in [-0.05, 0) is 0 Å². The molecule has 1 N–H and O–H groups in total. The molecular formula is C8H11N5O. The normalized spacial score (nSPS) is 13.1. The Bertz CT molecular complexity index is 392. The minimum absolute atomic E-state index is 0.579. The maximum atomic E-state index is 9.95. The highest BCUT2D eigenvalue weighted by Gasteiger charge is 2.18. The van der Waals surface area contributed by atoms with Crippen molar-refractivity contribution in [3.05, 3.63) is 30.1 Å². The Labute approximate surface area is 80.8 Å². The van der Waals surface area contributed by atoms with E-state index in [4.69, 9.17) is 0 Å². The van der Waals surface area contributed by atoms with E-state index in [9.17, 15) is 5.11 Å². The molecule has 2 aromatic rings. The Balaban J connectivity index is 2.38. The summed E-state index contributed by atoms with van der Waals surface area (Å²) < 4.78 is 3.29. The van der Waals surface area contributed by atoms with Gasteiger partial charge in [0, 0.05) is 26.5 Å². The van der Waals surface area contributed by atoms with Gasteiger partial charge in [-0.3, -0.25) is 0 Å². The Morgan fingerprint density at radius 2 is 2.21 bits per heavy atom. The summed E-state index contributed by atoms with van der Waals surface area (Å²) in [4.78, 5) is 4.06. The quantitative estimate of drug-likeness (QED) is 0.706. The third-order valence-electron chi connectivity index (χ3n) is 2.13. The highest BCUT2D eigenvalue weighted by atomic mass is 16.3. The van der Waals surface area contributed by atoms with Gasteiger partial charge in [-0.15, -0.1) is 5.10 Å². The van der Waals surface area contributed by atoms with E-state index < -0.39 is 6.10 Å². The Morgan fingerprint density at radius 3 is 2.71 bits per heavy atom. The molecule has 6 nitrogen and oxygen atoms in total. The van der Waals surface area contributed by atoms with Crippen LogP contribution < -0.4 is 0 Å². The van der Waals surface area contributed by atoms with Crippen molar-refractivity contribution in [2.75, 3.05) is 0 Å². The van der Waals surface area contributed by atoms with Gasteiger partial charge < -0.3 is 9.67 Å². The summed E-state index contributed by atoms with van der Waals surface area (Å²) in [6.07, 6.45) is 4.17. The van der Waals surface area contributed by atoms with Crippen LogP contribution in [0.1, 0.15) is 17.6 Å². The zero-order valence-corrected chi connectivity index (χ0v) is 7.99. The lowest BCUT2D eigenvalue weighted by molar-refractivity contribution is 0.196. The minimum atomic E-state index is -0.782. The van der Waals surface area contributed by atoms with Crippen LogP contribution in [0.4, 0.5) is 0 Å². The van der Waals surface area contributed by atoms with Crippen molar-refractivity contribution in [2.45, 2.75) is 6.10 Å². The molecular weight excluding hydrogens is 182 g/mol. The standard InChI is InChI=1S/C8H11N5O/c1-12-4-3-9-8(12)7(14)6-5-10-11-13(6)2/h3-5,7,14H,1-2H3. The molecule has 0 aliphatic rings. The second-order valence-electron chi connectivity index (χ2n) is 3.08. The van der Waals surface area contributed by atoms with E-state index >= 15 is 0 Å². The molecule has 0 radical (unpaired) electrons. The topological polar surface area (TPSA) is 68.8 Å². The van der Waals surface area contributed by atoms with E-state index in [1.54, 1.807) is 24.0 Å². The van der Waals surface area contributed by atoms with Crippen LogP contribution in [0.5, 0.6) is 0 Å². The zero-order valence-electron chi connectivity index (χ0n) is 7.99. The van der Waals surface area contributed by atoms with E-state index in [1.807, 2.05) is 7.05 Å². The number of aliphatic hydroxyl groups is 1. The van der Waals surface area contributed by atoms with E-state index in [1.165, 1.54) is 10.9 Å². The molecule has 74 valence electrons. The lowest BCUT2D eigenvalue weighted by Gasteiger charge is -2.09. The molecule has 0 saturated carbocycles. The average molecular weight is 193 g/mol. The van der Waals surface area contributed by atoms with Crippen molar-refractivity contribution < 1.29 is 5.11 Å². The third kappa shape index (κ3) is 1.29. The van der Waals surface area contributed by atoms with E-state index in [0.717, 1.165) is 0 Å². The van der Waals surface area contributed by atoms with Gasteiger partial charge in [0.05, 0.1) is 11.9 Å². The summed E-state index contributed by atoms with van der Waals surface area (Å²) >= 11 is 0. The second-order valence-corrected chi connectivity index (χ2v) is 3.08. The van der Waals surface area contributed by atoms with Crippen LogP contribution >= 0.6 is 0 Å². The summed E-state index contributed by atoms with van der Waals surface area (Å²) in [5.74, 6) is 0.579. The molecule has 0 amide bonds. The number of hydrogen-bond donors (Lipinski definition) is 1. The van der Waals surface area contributed by atoms with Crippen molar-refractivity contribution in [3.63, 3.8) is 0 Å². The van der Waals surface area contributed by atoms with Crippen molar-refractivity contribution in [1.29, 1.82) is 0 Å². The maximum Gasteiger partial charge on any atom is 0.155 e. The van der Waals surface area contributed by atoms with Crippen molar-refractivity contribution in [2.24, 2.45) is 14.1 Å². The molecule has 0 fully saturated rings. The van der Waals surface area contributed by atoms with Crippen molar-refractivity contribution >= 4 is 0 Å². The first-order valence-corrected chi connectivity index (χ1v) is 4.20. The second kappa shape index (κ2) is 3.22. The van der Waals surface area contributed by atoms with Crippen LogP contribution in [0.3, 0.4) is 0 Å². The fourth-order valence-electron chi connectivity index (χ4n) is 1.32. The van der Waals surface area contributed by atoms with Gasteiger partial charge >= 0.3 is 0 Å². The predicted octanol–water partition coefficient (Wildman–Crippen LogP) is -0.370. The van der Waals surface area contributed by atoms with Crippen LogP contribution in [0, 0.1) is 0 Å². The van der Waals surface area contributed by atoms with Gasteiger partial charge in [0.15, 0.2) is 6.10 Å². The Kier molecular flexibility index (Phi) is 2.05. The Morgan fingerprint density at radius 1 is 1.43 bits per heavy atom. The summed E-state index contributed by atoms with van der Waals surface area (Å²) in [7, 11) is 3.56. The summed E-state index contributed by atoms with van der Waals surface area (Å²) in [5, 5.41) is 17.4. The molecule has 2 rings (SSSR count). The molecule has 0 saturated heterocycles. The molecule has 14 heavy (non-hydrogen) atoms.